The van der Waals surface area contributed by atoms with Gasteiger partial charge >= 0.3 is 6.03 Å². The predicted octanol–water partition coefficient (Wildman–Crippen LogP) is 4.32. The van der Waals surface area contributed by atoms with E-state index in [4.69, 9.17) is 5.73 Å². The lowest BCUT2D eigenvalue weighted by Crippen LogP contribution is -2.32. The number of benzene rings is 2. The molecule has 0 spiro atoms. The van der Waals surface area contributed by atoms with E-state index in [0.29, 0.717) is 12.1 Å². The average Bonchev–Trinajstić information content (AvgIpc) is 2.69. The van der Waals surface area contributed by atoms with Crippen molar-refractivity contribution in [2.24, 2.45) is 11.7 Å². The molecular formula is C23H31N3O2. The number of unbranched alkanes of at least 4 members (excludes halogenated alkanes) is 1. The Kier molecular flexibility index (Phi) is 8.05. The number of carbonyl (C=O) groups is 2. The van der Waals surface area contributed by atoms with E-state index in [1.165, 1.54) is 18.4 Å². The van der Waals surface area contributed by atoms with Crippen molar-refractivity contribution in [2.75, 3.05) is 0 Å². The number of nitrogens with two attached hydrogens (primary N) is 1. The highest BCUT2D eigenvalue weighted by atomic mass is 16.2. The van der Waals surface area contributed by atoms with Crippen LogP contribution in [0.25, 0.3) is 0 Å². The van der Waals surface area contributed by atoms with Gasteiger partial charge in [0, 0.05) is 12.1 Å². The molecule has 0 aliphatic heterocycles. The molecule has 1 unspecified atom stereocenters. The lowest BCUT2D eigenvalue weighted by atomic mass is 9.94. The molecule has 5 nitrogen and oxygen atoms in total. The van der Waals surface area contributed by atoms with Gasteiger partial charge in [-0.1, -0.05) is 63.6 Å². The number of hydrogen-bond donors (Lipinski definition) is 3. The Hall–Kier alpha value is -2.82. The monoisotopic (exact) mass is 381 g/mol. The molecule has 28 heavy (non-hydrogen) atoms. The lowest BCUT2D eigenvalue weighted by Gasteiger charge is -2.23. The summed E-state index contributed by atoms with van der Waals surface area (Å²) in [5.41, 5.74) is 9.00. The average molecular weight is 382 g/mol. The standard InChI is InChI=1S/C23H31N3O2/c1-4-5-6-17-7-11-19(12-8-17)21(16(2)3)26-22(27)20-13-9-18(10-14-20)15-25-23(24)28/h7-14,16,21H,4-6,15H2,1-3H3,(H,26,27)(H3,24,25,28). The summed E-state index contributed by atoms with van der Waals surface area (Å²) in [7, 11) is 0. The van der Waals surface area contributed by atoms with Crippen LogP contribution in [0.4, 0.5) is 4.79 Å². The van der Waals surface area contributed by atoms with E-state index in [1.54, 1.807) is 12.1 Å². The van der Waals surface area contributed by atoms with Crippen LogP contribution in [-0.2, 0) is 13.0 Å². The number of nitrogens with one attached hydrogen (secondary N) is 2. The minimum absolute atomic E-state index is 0.0519. The van der Waals surface area contributed by atoms with E-state index in [2.05, 4.69) is 55.7 Å². The largest absolute Gasteiger partial charge is 0.352 e. The van der Waals surface area contributed by atoms with Gasteiger partial charge in [-0.2, -0.15) is 0 Å². The smallest absolute Gasteiger partial charge is 0.312 e. The van der Waals surface area contributed by atoms with E-state index in [9.17, 15) is 9.59 Å². The molecule has 0 aromatic heterocycles. The fourth-order valence-corrected chi connectivity index (χ4v) is 3.10. The molecule has 0 radical (unpaired) electrons. The van der Waals surface area contributed by atoms with Gasteiger partial charge in [-0.05, 0) is 47.6 Å². The number of hydrogen-bond acceptors (Lipinski definition) is 2. The van der Waals surface area contributed by atoms with E-state index in [1.807, 2.05) is 12.1 Å². The normalized spacial score (nSPS) is 11.9. The Morgan fingerprint density at radius 1 is 0.964 bits per heavy atom. The van der Waals surface area contributed by atoms with Crippen LogP contribution >= 0.6 is 0 Å². The van der Waals surface area contributed by atoms with E-state index in [-0.39, 0.29) is 17.9 Å². The molecular weight excluding hydrogens is 350 g/mol. The maximum atomic E-state index is 12.7. The second kappa shape index (κ2) is 10.5. The van der Waals surface area contributed by atoms with E-state index in [0.717, 1.165) is 17.5 Å². The third-order valence-electron chi connectivity index (χ3n) is 4.79. The zero-order valence-corrected chi connectivity index (χ0v) is 17.0. The second-order valence-corrected chi connectivity index (χ2v) is 7.46. The van der Waals surface area contributed by atoms with Gasteiger partial charge in [0.05, 0.1) is 6.04 Å². The first kappa shape index (κ1) is 21.5. The van der Waals surface area contributed by atoms with Gasteiger partial charge in [-0.3, -0.25) is 4.79 Å². The van der Waals surface area contributed by atoms with Gasteiger partial charge in [0.2, 0.25) is 0 Å². The minimum atomic E-state index is -0.567. The summed E-state index contributed by atoms with van der Waals surface area (Å²) in [5, 5.41) is 5.69. The van der Waals surface area contributed by atoms with Gasteiger partial charge in [0.1, 0.15) is 0 Å². The first-order valence-corrected chi connectivity index (χ1v) is 9.92. The zero-order chi connectivity index (χ0) is 20.5. The van der Waals surface area contributed by atoms with Gasteiger partial charge in [-0.25, -0.2) is 4.79 Å². The molecule has 0 fully saturated rings. The first-order valence-electron chi connectivity index (χ1n) is 9.92. The van der Waals surface area contributed by atoms with E-state index < -0.39 is 6.03 Å². The zero-order valence-electron chi connectivity index (χ0n) is 17.0. The molecule has 0 aliphatic rings. The van der Waals surface area contributed by atoms with Crippen molar-refractivity contribution in [2.45, 2.75) is 52.6 Å². The molecule has 1 atom stereocenters. The van der Waals surface area contributed by atoms with Crippen LogP contribution in [0.15, 0.2) is 48.5 Å². The van der Waals surface area contributed by atoms with Crippen LogP contribution in [0.2, 0.25) is 0 Å². The van der Waals surface area contributed by atoms with Gasteiger partial charge in [-0.15, -0.1) is 0 Å². The summed E-state index contributed by atoms with van der Waals surface area (Å²) in [6, 6.07) is 15.1. The quantitative estimate of drug-likeness (QED) is 0.604. The molecule has 0 heterocycles. The molecule has 0 saturated heterocycles. The van der Waals surface area contributed by atoms with Crippen molar-refractivity contribution >= 4 is 11.9 Å². The summed E-state index contributed by atoms with van der Waals surface area (Å²) in [6.07, 6.45) is 3.46. The van der Waals surface area contributed by atoms with Crippen LogP contribution in [0, 0.1) is 5.92 Å². The number of amides is 3. The molecule has 4 N–H and O–H groups in total. The van der Waals surface area contributed by atoms with Crippen LogP contribution in [0.5, 0.6) is 0 Å². The molecule has 5 heteroatoms. The van der Waals surface area contributed by atoms with Gasteiger partial charge in [0.25, 0.3) is 5.91 Å². The summed E-state index contributed by atoms with van der Waals surface area (Å²) in [6.45, 7) is 6.75. The van der Waals surface area contributed by atoms with Crippen LogP contribution < -0.4 is 16.4 Å². The summed E-state index contributed by atoms with van der Waals surface area (Å²) in [4.78, 5) is 23.5. The molecule has 0 aliphatic carbocycles. The van der Waals surface area contributed by atoms with Crippen molar-refractivity contribution in [3.05, 3.63) is 70.8 Å². The van der Waals surface area contributed by atoms with Gasteiger partial charge in [0.15, 0.2) is 0 Å². The molecule has 2 rings (SSSR count). The molecule has 0 bridgehead atoms. The highest BCUT2D eigenvalue weighted by molar-refractivity contribution is 5.94. The van der Waals surface area contributed by atoms with Crippen molar-refractivity contribution in [1.82, 2.24) is 10.6 Å². The molecule has 3 amide bonds. The number of urea groups is 1. The van der Waals surface area contributed by atoms with Crippen molar-refractivity contribution in [3.63, 3.8) is 0 Å². The fourth-order valence-electron chi connectivity index (χ4n) is 3.10. The summed E-state index contributed by atoms with van der Waals surface area (Å²) >= 11 is 0. The van der Waals surface area contributed by atoms with E-state index >= 15 is 0 Å². The minimum Gasteiger partial charge on any atom is -0.352 e. The number of aryl methyl sites for hydroxylation is 1. The highest BCUT2D eigenvalue weighted by Gasteiger charge is 2.19. The Bertz CT molecular complexity index is 767. The third kappa shape index (κ3) is 6.41. The topological polar surface area (TPSA) is 84.2 Å². The van der Waals surface area contributed by atoms with Gasteiger partial charge < -0.3 is 16.4 Å². The molecule has 2 aromatic carbocycles. The molecule has 2 aromatic rings. The van der Waals surface area contributed by atoms with Crippen molar-refractivity contribution in [1.29, 1.82) is 0 Å². The lowest BCUT2D eigenvalue weighted by molar-refractivity contribution is 0.0925. The molecule has 150 valence electrons. The first-order chi connectivity index (χ1) is 13.4. The third-order valence-corrected chi connectivity index (χ3v) is 4.79. The maximum absolute atomic E-state index is 12.7. The number of carbonyl (C=O) groups excluding carboxylic acids is 2. The SMILES string of the molecule is CCCCc1ccc(C(NC(=O)c2ccc(CNC(N)=O)cc2)C(C)C)cc1. The predicted molar refractivity (Wildman–Crippen MR) is 113 cm³/mol. The van der Waals surface area contributed by atoms with Crippen LogP contribution in [-0.4, -0.2) is 11.9 Å². The van der Waals surface area contributed by atoms with Crippen molar-refractivity contribution < 1.29 is 9.59 Å². The Labute approximate surface area is 167 Å². The number of primary amides is 1. The summed E-state index contributed by atoms with van der Waals surface area (Å²) in [5.74, 6) is 0.160. The van der Waals surface area contributed by atoms with Crippen LogP contribution in [0.3, 0.4) is 0 Å². The fraction of sp³-hybridized carbons (Fsp3) is 0.391. The van der Waals surface area contributed by atoms with Crippen molar-refractivity contribution in [3.8, 4) is 0 Å². The number of rotatable bonds is 9. The Morgan fingerprint density at radius 2 is 1.57 bits per heavy atom. The Balaban J connectivity index is 2.05. The van der Waals surface area contributed by atoms with Crippen LogP contribution in [0.1, 0.15) is 66.7 Å². The highest BCUT2D eigenvalue weighted by Crippen LogP contribution is 2.23. The second-order valence-electron chi connectivity index (χ2n) is 7.46. The maximum Gasteiger partial charge on any atom is 0.312 e. The molecule has 0 saturated carbocycles. The summed E-state index contributed by atoms with van der Waals surface area (Å²) < 4.78 is 0. The Morgan fingerprint density at radius 3 is 2.11 bits per heavy atom.